The molecule has 0 aromatic rings. The largest absolute Gasteiger partial charge is 0.480 e. The maximum atomic E-state index is 10.8. The summed E-state index contributed by atoms with van der Waals surface area (Å²) in [5.41, 5.74) is 5.67. The van der Waals surface area contributed by atoms with Gasteiger partial charge in [-0.2, -0.15) is 0 Å². The van der Waals surface area contributed by atoms with E-state index in [2.05, 4.69) is 6.92 Å². The minimum absolute atomic E-state index is 0.0746. The van der Waals surface area contributed by atoms with E-state index in [9.17, 15) is 4.79 Å². The molecule has 3 N–H and O–H groups in total. The third kappa shape index (κ3) is 3.20. The van der Waals surface area contributed by atoms with Crippen LogP contribution in [0, 0.1) is 17.8 Å². The maximum Gasteiger partial charge on any atom is 0.320 e. The molecule has 3 unspecified atom stereocenters. The fourth-order valence-electron chi connectivity index (χ4n) is 2.64. The summed E-state index contributed by atoms with van der Waals surface area (Å²) in [5.74, 6) is 0.311. The number of carboxylic acids is 1. The van der Waals surface area contributed by atoms with Gasteiger partial charge in [-0.15, -0.1) is 0 Å². The van der Waals surface area contributed by atoms with Gasteiger partial charge in [0.15, 0.2) is 0 Å². The second kappa shape index (κ2) is 5.50. The quantitative estimate of drug-likeness (QED) is 0.753. The second-order valence-corrected chi connectivity index (χ2v) is 4.98. The van der Waals surface area contributed by atoms with Crippen molar-refractivity contribution in [2.75, 3.05) is 0 Å². The van der Waals surface area contributed by atoms with Crippen molar-refractivity contribution < 1.29 is 9.90 Å². The van der Waals surface area contributed by atoms with E-state index in [1.807, 2.05) is 6.92 Å². The second-order valence-electron chi connectivity index (χ2n) is 4.98. The van der Waals surface area contributed by atoms with Crippen molar-refractivity contribution in [3.05, 3.63) is 0 Å². The van der Waals surface area contributed by atoms with Crippen molar-refractivity contribution >= 4 is 5.97 Å². The molecule has 0 bridgehead atoms. The minimum Gasteiger partial charge on any atom is -0.480 e. The van der Waals surface area contributed by atoms with Gasteiger partial charge < -0.3 is 10.8 Å². The summed E-state index contributed by atoms with van der Waals surface area (Å²) in [7, 11) is 0. The molecule has 1 fully saturated rings. The Balaban J connectivity index is 2.50. The first-order chi connectivity index (χ1) is 7.04. The highest BCUT2D eigenvalue weighted by atomic mass is 16.4. The van der Waals surface area contributed by atoms with Gasteiger partial charge in [0.1, 0.15) is 6.04 Å². The van der Waals surface area contributed by atoms with E-state index in [1.165, 1.54) is 32.1 Å². The molecule has 15 heavy (non-hydrogen) atoms. The molecule has 3 heteroatoms. The molecule has 0 aliphatic heterocycles. The number of nitrogens with two attached hydrogens (primary N) is 1. The number of aliphatic carboxylic acids is 1. The monoisotopic (exact) mass is 213 g/mol. The molecular weight excluding hydrogens is 190 g/mol. The van der Waals surface area contributed by atoms with Crippen molar-refractivity contribution in [1.29, 1.82) is 0 Å². The van der Waals surface area contributed by atoms with E-state index >= 15 is 0 Å². The van der Waals surface area contributed by atoms with Crippen LogP contribution in [0.1, 0.15) is 46.0 Å². The van der Waals surface area contributed by atoms with Crippen LogP contribution < -0.4 is 5.73 Å². The zero-order valence-corrected chi connectivity index (χ0v) is 9.78. The first-order valence-corrected chi connectivity index (χ1v) is 6.02. The molecular formula is C12H23NO2. The van der Waals surface area contributed by atoms with E-state index in [-0.39, 0.29) is 5.92 Å². The number of rotatable bonds is 4. The normalized spacial score (nSPS) is 24.5. The number of carboxylic acid groups (broad SMARTS) is 1. The lowest BCUT2D eigenvalue weighted by atomic mass is 9.73. The molecule has 1 rings (SSSR count). The Bertz CT molecular complexity index is 212. The summed E-state index contributed by atoms with van der Waals surface area (Å²) in [4.78, 5) is 10.8. The van der Waals surface area contributed by atoms with Crippen LogP contribution in [0.2, 0.25) is 0 Å². The summed E-state index contributed by atoms with van der Waals surface area (Å²) < 4.78 is 0. The fraction of sp³-hybridized carbons (Fsp3) is 0.917. The fourth-order valence-corrected chi connectivity index (χ4v) is 2.64. The van der Waals surface area contributed by atoms with Crippen molar-refractivity contribution in [2.45, 2.75) is 52.0 Å². The van der Waals surface area contributed by atoms with Crippen molar-refractivity contribution in [1.82, 2.24) is 0 Å². The molecule has 0 aromatic carbocycles. The Kier molecular flexibility index (Phi) is 4.58. The molecule has 0 radical (unpaired) electrons. The van der Waals surface area contributed by atoms with E-state index < -0.39 is 12.0 Å². The van der Waals surface area contributed by atoms with Crippen LogP contribution in [0.15, 0.2) is 0 Å². The first-order valence-electron chi connectivity index (χ1n) is 6.02. The van der Waals surface area contributed by atoms with Gasteiger partial charge in [0.25, 0.3) is 0 Å². The summed E-state index contributed by atoms with van der Waals surface area (Å²) in [6.07, 6.45) is 6.42. The van der Waals surface area contributed by atoms with Crippen LogP contribution >= 0.6 is 0 Å². The predicted octanol–water partition coefficient (Wildman–Crippen LogP) is 2.25. The van der Waals surface area contributed by atoms with Crippen LogP contribution in [-0.2, 0) is 4.79 Å². The summed E-state index contributed by atoms with van der Waals surface area (Å²) >= 11 is 0. The molecule has 0 saturated heterocycles. The first kappa shape index (κ1) is 12.5. The highest BCUT2D eigenvalue weighted by Crippen LogP contribution is 2.34. The number of hydrogen-bond donors (Lipinski definition) is 2. The lowest BCUT2D eigenvalue weighted by molar-refractivity contribution is -0.140. The topological polar surface area (TPSA) is 63.3 Å². The molecule has 3 atom stereocenters. The predicted molar refractivity (Wildman–Crippen MR) is 60.5 cm³/mol. The Morgan fingerprint density at radius 3 is 2.27 bits per heavy atom. The molecule has 3 nitrogen and oxygen atoms in total. The molecule has 0 spiro atoms. The van der Waals surface area contributed by atoms with Gasteiger partial charge in [-0.05, 0) is 17.8 Å². The van der Waals surface area contributed by atoms with Crippen LogP contribution in [0.4, 0.5) is 0 Å². The molecule has 0 amide bonds. The van der Waals surface area contributed by atoms with Gasteiger partial charge in [0, 0.05) is 0 Å². The standard InChI is InChI=1S/C12H23NO2/c1-8(9(2)11(13)12(14)15)10-6-4-3-5-7-10/h8-11H,3-7,13H2,1-2H3,(H,14,15). The number of carbonyl (C=O) groups is 1. The van der Waals surface area contributed by atoms with Gasteiger partial charge in [-0.3, -0.25) is 4.79 Å². The average molecular weight is 213 g/mol. The highest BCUT2D eigenvalue weighted by Gasteiger charge is 2.30. The van der Waals surface area contributed by atoms with Crippen molar-refractivity contribution in [3.63, 3.8) is 0 Å². The summed E-state index contributed by atoms with van der Waals surface area (Å²) in [6.45, 7) is 4.13. The maximum absolute atomic E-state index is 10.8. The molecule has 0 heterocycles. The van der Waals surface area contributed by atoms with Gasteiger partial charge in [-0.1, -0.05) is 46.0 Å². The summed E-state index contributed by atoms with van der Waals surface area (Å²) in [6, 6.07) is -0.707. The van der Waals surface area contributed by atoms with Crippen LogP contribution in [0.5, 0.6) is 0 Å². The molecule has 1 aliphatic carbocycles. The minimum atomic E-state index is -0.870. The van der Waals surface area contributed by atoms with E-state index in [1.54, 1.807) is 0 Å². The van der Waals surface area contributed by atoms with E-state index in [4.69, 9.17) is 10.8 Å². The molecule has 0 aromatic heterocycles. The van der Waals surface area contributed by atoms with Crippen LogP contribution in [-0.4, -0.2) is 17.1 Å². The molecule has 1 saturated carbocycles. The molecule has 88 valence electrons. The third-order valence-corrected chi connectivity index (χ3v) is 4.07. The lowest BCUT2D eigenvalue weighted by Crippen LogP contribution is -2.41. The highest BCUT2D eigenvalue weighted by molar-refractivity contribution is 5.73. The Morgan fingerprint density at radius 1 is 1.27 bits per heavy atom. The van der Waals surface area contributed by atoms with Crippen molar-refractivity contribution in [2.24, 2.45) is 23.5 Å². The average Bonchev–Trinajstić information content (AvgIpc) is 2.27. The van der Waals surface area contributed by atoms with Gasteiger partial charge in [0.2, 0.25) is 0 Å². The van der Waals surface area contributed by atoms with Gasteiger partial charge in [-0.25, -0.2) is 0 Å². The van der Waals surface area contributed by atoms with Gasteiger partial charge >= 0.3 is 5.97 Å². The Hall–Kier alpha value is -0.570. The zero-order chi connectivity index (χ0) is 11.4. The van der Waals surface area contributed by atoms with E-state index in [0.717, 1.165) is 0 Å². The van der Waals surface area contributed by atoms with Crippen LogP contribution in [0.3, 0.4) is 0 Å². The van der Waals surface area contributed by atoms with Gasteiger partial charge in [0.05, 0.1) is 0 Å². The molecule has 1 aliphatic rings. The van der Waals surface area contributed by atoms with E-state index in [0.29, 0.717) is 11.8 Å². The third-order valence-electron chi connectivity index (χ3n) is 4.07. The van der Waals surface area contributed by atoms with Crippen LogP contribution in [0.25, 0.3) is 0 Å². The Morgan fingerprint density at radius 2 is 1.80 bits per heavy atom. The Labute approximate surface area is 92.0 Å². The lowest BCUT2D eigenvalue weighted by Gasteiger charge is -2.33. The SMILES string of the molecule is CC(C1CCCCC1)C(C)C(N)C(=O)O. The summed E-state index contributed by atoms with van der Waals surface area (Å²) in [5, 5.41) is 8.87. The zero-order valence-electron chi connectivity index (χ0n) is 9.78. The number of hydrogen-bond acceptors (Lipinski definition) is 2. The van der Waals surface area contributed by atoms with Crippen molar-refractivity contribution in [3.8, 4) is 0 Å². The smallest absolute Gasteiger partial charge is 0.320 e.